The molecule has 4 rings (SSSR count). The fourth-order valence-electron chi connectivity index (χ4n) is 7.12. The molecule has 304 valence electrons. The number of aliphatic hydroxyl groups excluding tert-OH is 1. The minimum absolute atomic E-state index is 0.0183. The van der Waals surface area contributed by atoms with Gasteiger partial charge in [-0.3, -0.25) is 14.2 Å². The largest absolute Gasteiger partial charge is 0.491 e. The molecule has 0 radical (unpaired) electrons. The minimum atomic E-state index is -4.16. The maximum atomic E-state index is 14.1. The summed E-state index contributed by atoms with van der Waals surface area (Å²) in [5.74, 6) is -1.75. The topological polar surface area (TPSA) is 182 Å². The summed E-state index contributed by atoms with van der Waals surface area (Å²) in [5.41, 5.74) is 0.239. The molecule has 0 aromatic heterocycles. The lowest BCUT2D eigenvalue weighted by molar-refractivity contribution is -0.133. The number of likely N-dealkylation sites (tertiary alicyclic amines) is 1. The van der Waals surface area contributed by atoms with Crippen LogP contribution in [-0.2, 0) is 39.2 Å². The molecule has 54 heavy (non-hydrogen) atoms. The lowest BCUT2D eigenvalue weighted by Gasteiger charge is -2.34. The number of aliphatic hydroxyl groups is 1. The number of carbonyl (C=O) groups is 4. The van der Waals surface area contributed by atoms with Gasteiger partial charge in [-0.05, 0) is 59.4 Å². The minimum Gasteiger partial charge on any atom is -0.491 e. The first-order valence-electron chi connectivity index (χ1n) is 19.5. The maximum absolute atomic E-state index is 14.1. The molecule has 2 fully saturated rings. The summed E-state index contributed by atoms with van der Waals surface area (Å²) in [5, 5.41) is 17.1. The number of hydrogen-bond acceptors (Lipinski definition) is 11. The zero-order valence-electron chi connectivity index (χ0n) is 32.6. The molecule has 2 heterocycles. The second kappa shape index (κ2) is 20.5. The van der Waals surface area contributed by atoms with Crippen molar-refractivity contribution in [3.63, 3.8) is 0 Å². The Balaban J connectivity index is 1.46. The molecule has 3 aliphatic rings. The smallest absolute Gasteiger partial charge is 0.410 e. The predicted octanol–water partition coefficient (Wildman–Crippen LogP) is 5.72. The Morgan fingerprint density at radius 3 is 2.26 bits per heavy atom. The van der Waals surface area contributed by atoms with Crippen molar-refractivity contribution in [3.8, 4) is 5.75 Å². The van der Waals surface area contributed by atoms with Crippen molar-refractivity contribution in [2.24, 2.45) is 5.92 Å². The van der Waals surface area contributed by atoms with Crippen LogP contribution in [0, 0.1) is 5.92 Å². The van der Waals surface area contributed by atoms with E-state index in [2.05, 4.69) is 10.6 Å². The number of alkyl carbamates (subject to hydrolysis) is 1. The fourth-order valence-corrected chi connectivity index (χ4v) is 8.89. The molecule has 1 aromatic rings. The van der Waals surface area contributed by atoms with E-state index in [0.29, 0.717) is 57.8 Å². The molecule has 1 saturated heterocycles. The number of para-hydroxylation sites is 1. The highest BCUT2D eigenvalue weighted by molar-refractivity contribution is 7.54. The molecular weight excluding hydrogens is 719 g/mol. The van der Waals surface area contributed by atoms with Gasteiger partial charge in [0.2, 0.25) is 11.8 Å². The number of carbonyl (C=O) groups excluding carboxylic acids is 4. The summed E-state index contributed by atoms with van der Waals surface area (Å²) < 4.78 is 41.7. The van der Waals surface area contributed by atoms with Crippen molar-refractivity contribution in [1.82, 2.24) is 20.4 Å². The third-order valence-electron chi connectivity index (χ3n) is 9.87. The van der Waals surface area contributed by atoms with Crippen molar-refractivity contribution in [2.75, 3.05) is 39.5 Å². The third-order valence-corrected chi connectivity index (χ3v) is 12.1. The quantitative estimate of drug-likeness (QED) is 0.185. The van der Waals surface area contributed by atoms with Crippen LogP contribution in [0.5, 0.6) is 5.75 Å². The Hall–Kier alpha value is -3.39. The lowest BCUT2D eigenvalue weighted by atomic mass is 9.84. The Bertz CT molecular complexity index is 1430. The molecule has 2 aliphatic heterocycles. The Kier molecular flexibility index (Phi) is 16.5. The van der Waals surface area contributed by atoms with E-state index >= 15 is 0 Å². The van der Waals surface area contributed by atoms with Crippen molar-refractivity contribution < 1.29 is 52.1 Å². The van der Waals surface area contributed by atoms with Crippen molar-refractivity contribution >= 4 is 31.6 Å². The fraction of sp³-hybridized carbons (Fsp3) is 0.737. The van der Waals surface area contributed by atoms with Gasteiger partial charge in [0.25, 0.3) is 0 Å². The molecule has 3 unspecified atom stereocenters. The molecule has 1 aliphatic carbocycles. The van der Waals surface area contributed by atoms with Gasteiger partial charge in [0, 0.05) is 44.5 Å². The summed E-state index contributed by atoms with van der Waals surface area (Å²) >= 11 is 0. The molecular formula is C38H61N4O11P. The van der Waals surface area contributed by atoms with E-state index in [0.717, 1.165) is 37.7 Å². The SMILES string of the molecule is CCOP(=O)(OCC)C(O)C(CCC(=O)N1CCOc2ccccc2C1)NC(=O)C(CC1CCCCC1)NC(=O)OC1CCN(C(=O)OC(C)(C)C)CC1. The van der Waals surface area contributed by atoms with Crippen LogP contribution in [0.2, 0.25) is 0 Å². The highest BCUT2D eigenvalue weighted by Gasteiger charge is 2.42. The van der Waals surface area contributed by atoms with Crippen LogP contribution in [0.1, 0.15) is 104 Å². The standard InChI is InChI=1S/C38H61N4O11P/c1-6-50-54(48,51-7-2)35(45)30(17-18-33(43)42-23-24-49-32-16-12-11-15-28(32)26-42)39-34(44)31(25-27-13-9-8-10-14-27)40-36(46)52-29-19-21-41(22-20-29)37(47)53-38(3,4)5/h11-12,15-16,27,29-31,35,45H,6-10,13-14,17-26H2,1-5H3,(H,39,44)(H,40,46). The van der Waals surface area contributed by atoms with E-state index < -0.39 is 55.3 Å². The summed E-state index contributed by atoms with van der Waals surface area (Å²) in [6.45, 7) is 10.3. The molecule has 16 heteroatoms. The van der Waals surface area contributed by atoms with Crippen LogP contribution < -0.4 is 15.4 Å². The Morgan fingerprint density at radius 1 is 0.944 bits per heavy atom. The van der Waals surface area contributed by atoms with Crippen LogP contribution in [-0.4, -0.2) is 108 Å². The average Bonchev–Trinajstić information content (AvgIpc) is 3.35. The normalized spacial score (nSPS) is 19.0. The van der Waals surface area contributed by atoms with E-state index in [1.165, 1.54) is 0 Å². The van der Waals surface area contributed by atoms with Crippen LogP contribution in [0.3, 0.4) is 0 Å². The summed E-state index contributed by atoms with van der Waals surface area (Å²) in [7, 11) is -4.16. The molecule has 1 saturated carbocycles. The third kappa shape index (κ3) is 13.1. The monoisotopic (exact) mass is 780 g/mol. The van der Waals surface area contributed by atoms with Gasteiger partial charge in [0.1, 0.15) is 30.1 Å². The Morgan fingerprint density at radius 2 is 1.61 bits per heavy atom. The highest BCUT2D eigenvalue weighted by Crippen LogP contribution is 2.53. The van der Waals surface area contributed by atoms with Gasteiger partial charge in [-0.25, -0.2) is 9.59 Å². The first-order valence-corrected chi connectivity index (χ1v) is 21.1. The van der Waals surface area contributed by atoms with E-state index in [-0.39, 0.29) is 37.9 Å². The van der Waals surface area contributed by atoms with E-state index in [1.54, 1.807) is 44.4 Å². The number of piperidine rings is 1. The zero-order valence-corrected chi connectivity index (χ0v) is 33.5. The Labute approximate surface area is 319 Å². The van der Waals surface area contributed by atoms with Crippen molar-refractivity contribution in [1.29, 1.82) is 0 Å². The number of nitrogens with one attached hydrogen (secondary N) is 2. The predicted molar refractivity (Wildman–Crippen MR) is 201 cm³/mol. The van der Waals surface area contributed by atoms with E-state index in [1.807, 2.05) is 24.3 Å². The molecule has 0 bridgehead atoms. The molecule has 0 spiro atoms. The highest BCUT2D eigenvalue weighted by atomic mass is 31.2. The van der Waals surface area contributed by atoms with E-state index in [4.69, 9.17) is 23.3 Å². The second-order valence-electron chi connectivity index (χ2n) is 15.2. The first kappa shape index (κ1) is 43.3. The van der Waals surface area contributed by atoms with Gasteiger partial charge in [-0.1, -0.05) is 50.3 Å². The number of ether oxygens (including phenoxy) is 3. The van der Waals surface area contributed by atoms with E-state index in [9.17, 15) is 28.8 Å². The van der Waals surface area contributed by atoms with Gasteiger partial charge < -0.3 is 48.8 Å². The van der Waals surface area contributed by atoms with Crippen molar-refractivity contribution in [2.45, 2.75) is 135 Å². The van der Waals surface area contributed by atoms with Crippen LogP contribution in [0.25, 0.3) is 0 Å². The number of fused-ring (bicyclic) bond motifs is 1. The number of rotatable bonds is 15. The lowest BCUT2D eigenvalue weighted by Crippen LogP contribution is -2.54. The van der Waals surface area contributed by atoms with Crippen LogP contribution >= 0.6 is 7.60 Å². The summed E-state index contributed by atoms with van der Waals surface area (Å²) in [6.07, 6.45) is 4.26. The molecule has 4 amide bonds. The van der Waals surface area contributed by atoms with Gasteiger partial charge in [0.05, 0.1) is 25.8 Å². The number of hydrogen-bond donors (Lipinski definition) is 3. The molecule has 15 nitrogen and oxygen atoms in total. The van der Waals surface area contributed by atoms with Gasteiger partial charge in [-0.2, -0.15) is 0 Å². The average molecular weight is 781 g/mol. The number of amides is 4. The summed E-state index contributed by atoms with van der Waals surface area (Å²) in [4.78, 5) is 56.8. The first-order chi connectivity index (χ1) is 25.7. The summed E-state index contributed by atoms with van der Waals surface area (Å²) in [6, 6.07) is 5.24. The second-order valence-corrected chi connectivity index (χ2v) is 17.3. The van der Waals surface area contributed by atoms with Gasteiger partial charge in [-0.15, -0.1) is 0 Å². The number of nitrogens with zero attached hydrogens (tertiary/aromatic N) is 2. The molecule has 1 aromatic carbocycles. The van der Waals surface area contributed by atoms with Gasteiger partial charge >= 0.3 is 19.8 Å². The molecule has 3 atom stereocenters. The molecule has 3 N–H and O–H groups in total. The van der Waals surface area contributed by atoms with Crippen molar-refractivity contribution in [3.05, 3.63) is 29.8 Å². The maximum Gasteiger partial charge on any atom is 0.410 e. The number of benzene rings is 1. The van der Waals surface area contributed by atoms with Crippen LogP contribution in [0.4, 0.5) is 9.59 Å². The van der Waals surface area contributed by atoms with Gasteiger partial charge in [0.15, 0.2) is 5.85 Å². The van der Waals surface area contributed by atoms with Crippen LogP contribution in [0.15, 0.2) is 24.3 Å². The zero-order chi connectivity index (χ0) is 39.3.